The molecule has 0 N–H and O–H groups in total. The molecule has 6 nitrogen and oxygen atoms in total. The lowest BCUT2D eigenvalue weighted by molar-refractivity contribution is -0.133. The first-order valence-corrected chi connectivity index (χ1v) is 9.65. The van der Waals surface area contributed by atoms with Crippen LogP contribution in [0.3, 0.4) is 0 Å². The summed E-state index contributed by atoms with van der Waals surface area (Å²) in [5.74, 6) is 0.234. The van der Waals surface area contributed by atoms with E-state index >= 15 is 0 Å². The summed E-state index contributed by atoms with van der Waals surface area (Å²) in [7, 11) is 1.80. The van der Waals surface area contributed by atoms with Gasteiger partial charge >= 0.3 is 0 Å². The zero-order valence-corrected chi connectivity index (χ0v) is 16.2. The largest absolute Gasteiger partial charge is 0.342 e. The van der Waals surface area contributed by atoms with Crippen molar-refractivity contribution in [3.8, 4) is 5.69 Å². The van der Waals surface area contributed by atoms with Crippen LogP contribution >= 0.6 is 0 Å². The standard InChI is InChI=1S/C21H28N4O2/c1-17-7-6-8-19(13-17)25-16-18(14-22-25)15-23(2)20(26)10-12-24-11-5-3-4-9-21(24)27/h6-8,13-14,16H,3-5,9-12,15H2,1-2H3. The van der Waals surface area contributed by atoms with Crippen LogP contribution in [0, 0.1) is 6.92 Å². The highest BCUT2D eigenvalue weighted by Gasteiger charge is 2.18. The van der Waals surface area contributed by atoms with E-state index in [9.17, 15) is 9.59 Å². The number of aromatic nitrogens is 2. The van der Waals surface area contributed by atoms with Crippen molar-refractivity contribution in [1.29, 1.82) is 0 Å². The SMILES string of the molecule is Cc1cccc(-n2cc(CN(C)C(=O)CCN3CCCCCC3=O)cn2)c1. The minimum Gasteiger partial charge on any atom is -0.342 e. The average molecular weight is 368 g/mol. The van der Waals surface area contributed by atoms with E-state index in [4.69, 9.17) is 0 Å². The lowest BCUT2D eigenvalue weighted by atomic mass is 10.2. The molecule has 3 rings (SSSR count). The molecule has 1 fully saturated rings. The van der Waals surface area contributed by atoms with E-state index in [-0.39, 0.29) is 11.8 Å². The van der Waals surface area contributed by atoms with Crippen molar-refractivity contribution in [3.63, 3.8) is 0 Å². The Morgan fingerprint density at radius 3 is 2.93 bits per heavy atom. The van der Waals surface area contributed by atoms with E-state index < -0.39 is 0 Å². The Morgan fingerprint density at radius 1 is 1.26 bits per heavy atom. The lowest BCUT2D eigenvalue weighted by Gasteiger charge is -2.22. The van der Waals surface area contributed by atoms with Gasteiger partial charge in [-0.2, -0.15) is 5.10 Å². The predicted molar refractivity (Wildman–Crippen MR) is 104 cm³/mol. The van der Waals surface area contributed by atoms with E-state index in [0.29, 0.717) is 25.9 Å². The van der Waals surface area contributed by atoms with Crippen LogP contribution < -0.4 is 0 Å². The van der Waals surface area contributed by atoms with Crippen LogP contribution in [-0.4, -0.2) is 51.5 Å². The molecule has 2 amide bonds. The quantitative estimate of drug-likeness (QED) is 0.788. The van der Waals surface area contributed by atoms with Crippen molar-refractivity contribution >= 4 is 11.8 Å². The molecule has 2 aromatic rings. The Labute approximate surface area is 160 Å². The van der Waals surface area contributed by atoms with Gasteiger partial charge in [-0.05, 0) is 37.5 Å². The summed E-state index contributed by atoms with van der Waals surface area (Å²) >= 11 is 0. The summed E-state index contributed by atoms with van der Waals surface area (Å²) in [5, 5.41) is 4.41. The first-order valence-electron chi connectivity index (χ1n) is 9.65. The molecule has 144 valence electrons. The molecule has 1 aliphatic rings. The van der Waals surface area contributed by atoms with Crippen molar-refractivity contribution in [1.82, 2.24) is 19.6 Å². The maximum atomic E-state index is 12.5. The summed E-state index contributed by atoms with van der Waals surface area (Å²) in [4.78, 5) is 28.1. The fraction of sp³-hybridized carbons (Fsp3) is 0.476. The Kier molecular flexibility index (Phi) is 6.27. The van der Waals surface area contributed by atoms with Crippen molar-refractivity contribution in [3.05, 3.63) is 47.8 Å². The minimum atomic E-state index is 0.0513. The van der Waals surface area contributed by atoms with Crippen LogP contribution in [0.15, 0.2) is 36.7 Å². The van der Waals surface area contributed by atoms with Crippen molar-refractivity contribution < 1.29 is 9.59 Å². The molecule has 1 aromatic carbocycles. The molecular formula is C21H28N4O2. The molecule has 0 atom stereocenters. The van der Waals surface area contributed by atoms with E-state index in [0.717, 1.165) is 37.1 Å². The number of likely N-dealkylation sites (tertiary alicyclic amines) is 1. The Morgan fingerprint density at radius 2 is 2.11 bits per heavy atom. The van der Waals surface area contributed by atoms with Gasteiger partial charge in [0.15, 0.2) is 0 Å². The second-order valence-electron chi connectivity index (χ2n) is 7.32. The van der Waals surface area contributed by atoms with Crippen LogP contribution in [0.4, 0.5) is 0 Å². The van der Waals surface area contributed by atoms with Gasteiger partial charge in [0, 0.05) is 51.3 Å². The average Bonchev–Trinajstić information content (AvgIpc) is 3.02. The van der Waals surface area contributed by atoms with Gasteiger partial charge in [-0.25, -0.2) is 4.68 Å². The third-order valence-corrected chi connectivity index (χ3v) is 5.01. The van der Waals surface area contributed by atoms with Gasteiger partial charge in [0.1, 0.15) is 0 Å². The third kappa shape index (κ3) is 5.18. The Bertz CT molecular complexity index is 799. The van der Waals surface area contributed by atoms with Gasteiger partial charge in [-0.3, -0.25) is 9.59 Å². The maximum absolute atomic E-state index is 12.5. The van der Waals surface area contributed by atoms with E-state index in [1.165, 1.54) is 5.56 Å². The highest BCUT2D eigenvalue weighted by Crippen LogP contribution is 2.13. The van der Waals surface area contributed by atoms with Gasteiger partial charge in [-0.15, -0.1) is 0 Å². The normalized spacial score (nSPS) is 14.9. The van der Waals surface area contributed by atoms with E-state index in [2.05, 4.69) is 24.2 Å². The van der Waals surface area contributed by atoms with Gasteiger partial charge in [-0.1, -0.05) is 18.6 Å². The number of rotatable bonds is 6. The smallest absolute Gasteiger partial charge is 0.224 e. The van der Waals surface area contributed by atoms with Crippen molar-refractivity contribution in [2.45, 2.75) is 45.6 Å². The fourth-order valence-electron chi connectivity index (χ4n) is 3.41. The molecule has 0 spiro atoms. The molecule has 0 aliphatic carbocycles. The molecule has 0 unspecified atom stereocenters. The molecule has 2 heterocycles. The molecule has 0 radical (unpaired) electrons. The summed E-state index contributed by atoms with van der Waals surface area (Å²) < 4.78 is 1.83. The number of hydrogen-bond donors (Lipinski definition) is 0. The number of hydrogen-bond acceptors (Lipinski definition) is 3. The van der Waals surface area contributed by atoms with Crippen LogP contribution in [0.25, 0.3) is 5.69 Å². The molecule has 0 bridgehead atoms. The van der Waals surface area contributed by atoms with Crippen molar-refractivity contribution in [2.75, 3.05) is 20.1 Å². The summed E-state index contributed by atoms with van der Waals surface area (Å²) in [5.41, 5.74) is 3.17. The number of nitrogens with zero attached hydrogens (tertiary/aromatic N) is 4. The zero-order valence-electron chi connectivity index (χ0n) is 16.2. The van der Waals surface area contributed by atoms with Crippen molar-refractivity contribution in [2.24, 2.45) is 0 Å². The number of aryl methyl sites for hydroxylation is 1. The third-order valence-electron chi connectivity index (χ3n) is 5.01. The molecule has 6 heteroatoms. The molecule has 27 heavy (non-hydrogen) atoms. The monoisotopic (exact) mass is 368 g/mol. The van der Waals surface area contributed by atoms with Crippen LogP contribution in [0.5, 0.6) is 0 Å². The number of carbonyl (C=O) groups is 2. The predicted octanol–water partition coefficient (Wildman–Crippen LogP) is 2.93. The van der Waals surface area contributed by atoms with Crippen LogP contribution in [-0.2, 0) is 16.1 Å². The van der Waals surface area contributed by atoms with Gasteiger partial charge < -0.3 is 9.80 Å². The first-order chi connectivity index (χ1) is 13.0. The first kappa shape index (κ1) is 19.1. The zero-order chi connectivity index (χ0) is 19.2. The Hall–Kier alpha value is -2.63. The second-order valence-corrected chi connectivity index (χ2v) is 7.32. The molecule has 0 saturated carbocycles. The lowest BCUT2D eigenvalue weighted by Crippen LogP contribution is -2.35. The van der Waals surface area contributed by atoms with Crippen LogP contribution in [0.2, 0.25) is 0 Å². The maximum Gasteiger partial charge on any atom is 0.224 e. The van der Waals surface area contributed by atoms with Gasteiger partial charge in [0.2, 0.25) is 11.8 Å². The second kappa shape index (κ2) is 8.84. The van der Waals surface area contributed by atoms with E-state index in [1.54, 1.807) is 18.1 Å². The summed E-state index contributed by atoms with van der Waals surface area (Å²) in [6.45, 7) is 3.86. The highest BCUT2D eigenvalue weighted by atomic mass is 16.2. The molecule has 1 aliphatic heterocycles. The molecular weight excluding hydrogens is 340 g/mol. The minimum absolute atomic E-state index is 0.0513. The Balaban J connectivity index is 1.53. The summed E-state index contributed by atoms with van der Waals surface area (Å²) in [6.07, 6.45) is 7.83. The number of carbonyl (C=O) groups excluding carboxylic acids is 2. The fourth-order valence-corrected chi connectivity index (χ4v) is 3.41. The summed E-state index contributed by atoms with van der Waals surface area (Å²) in [6, 6.07) is 8.14. The molecule has 1 aromatic heterocycles. The van der Waals surface area contributed by atoms with Crippen LogP contribution in [0.1, 0.15) is 43.2 Å². The highest BCUT2D eigenvalue weighted by molar-refractivity contribution is 5.79. The molecule has 1 saturated heterocycles. The topological polar surface area (TPSA) is 58.4 Å². The van der Waals surface area contributed by atoms with E-state index in [1.807, 2.05) is 27.9 Å². The van der Waals surface area contributed by atoms with Gasteiger partial charge in [0.25, 0.3) is 0 Å². The number of amides is 2. The number of benzene rings is 1. The van der Waals surface area contributed by atoms with Gasteiger partial charge in [0.05, 0.1) is 11.9 Å².